The number of ether oxygens (including phenoxy) is 1. The van der Waals surface area contributed by atoms with Crippen molar-refractivity contribution in [2.24, 2.45) is 0 Å². The van der Waals surface area contributed by atoms with E-state index in [4.69, 9.17) is 0 Å². The number of sulfone groups is 1. The third kappa shape index (κ3) is 8.67. The molecular weight excluding hydrogens is 230 g/mol. The van der Waals surface area contributed by atoms with Crippen molar-refractivity contribution < 1.29 is 17.9 Å². The van der Waals surface area contributed by atoms with E-state index in [1.165, 1.54) is 7.11 Å². The number of carbonyl (C=O) groups is 1. The lowest BCUT2D eigenvalue weighted by Gasteiger charge is -2.04. The molecular formula is C10H21NO4S. The molecule has 16 heavy (non-hydrogen) atoms. The zero-order chi connectivity index (χ0) is 12.4. The molecule has 6 heteroatoms. The van der Waals surface area contributed by atoms with Gasteiger partial charge in [-0.25, -0.2) is 8.42 Å². The molecule has 0 aliphatic heterocycles. The second-order valence-electron chi connectivity index (χ2n) is 3.58. The number of rotatable bonds is 9. The molecule has 0 unspecified atom stereocenters. The number of methoxy groups -OCH3 is 1. The number of hydrogen-bond acceptors (Lipinski definition) is 5. The fourth-order valence-corrected chi connectivity index (χ4v) is 2.43. The van der Waals surface area contributed by atoms with Crippen LogP contribution in [0, 0.1) is 0 Å². The Bertz CT molecular complexity index is 287. The van der Waals surface area contributed by atoms with E-state index in [0.29, 0.717) is 13.0 Å². The SMILES string of the molecule is CCCNCCCS(=O)(=O)CCC(=O)OC. The fourth-order valence-electron chi connectivity index (χ4n) is 1.16. The zero-order valence-corrected chi connectivity index (χ0v) is 10.8. The summed E-state index contributed by atoms with van der Waals surface area (Å²) in [6, 6.07) is 0. The van der Waals surface area contributed by atoms with E-state index in [9.17, 15) is 13.2 Å². The molecule has 5 nitrogen and oxygen atoms in total. The summed E-state index contributed by atoms with van der Waals surface area (Å²) in [5.74, 6) is -0.471. The highest BCUT2D eigenvalue weighted by atomic mass is 32.2. The lowest BCUT2D eigenvalue weighted by atomic mass is 10.4. The quantitative estimate of drug-likeness (QED) is 0.473. The predicted molar refractivity (Wildman–Crippen MR) is 63.1 cm³/mol. The van der Waals surface area contributed by atoms with Gasteiger partial charge < -0.3 is 10.1 Å². The van der Waals surface area contributed by atoms with Crippen LogP contribution in [0.5, 0.6) is 0 Å². The summed E-state index contributed by atoms with van der Waals surface area (Å²) in [7, 11) is -1.86. The Hall–Kier alpha value is -0.620. The number of esters is 1. The maximum Gasteiger partial charge on any atom is 0.306 e. The molecule has 0 rings (SSSR count). The summed E-state index contributed by atoms with van der Waals surface area (Å²) < 4.78 is 27.3. The van der Waals surface area contributed by atoms with E-state index in [-0.39, 0.29) is 17.9 Å². The lowest BCUT2D eigenvalue weighted by molar-refractivity contribution is -0.140. The van der Waals surface area contributed by atoms with E-state index >= 15 is 0 Å². The van der Waals surface area contributed by atoms with Crippen LogP contribution in [-0.2, 0) is 19.4 Å². The standard InChI is InChI=1S/C10H21NO4S/c1-3-6-11-7-4-8-16(13,14)9-5-10(12)15-2/h11H,3-9H2,1-2H3. The summed E-state index contributed by atoms with van der Waals surface area (Å²) in [5, 5.41) is 3.13. The fraction of sp³-hybridized carbons (Fsp3) is 0.900. The van der Waals surface area contributed by atoms with Gasteiger partial charge in [-0.3, -0.25) is 4.79 Å². The van der Waals surface area contributed by atoms with Gasteiger partial charge in [-0.05, 0) is 25.9 Å². The van der Waals surface area contributed by atoms with E-state index in [0.717, 1.165) is 13.0 Å². The van der Waals surface area contributed by atoms with Crippen molar-refractivity contribution in [3.8, 4) is 0 Å². The van der Waals surface area contributed by atoms with Crippen molar-refractivity contribution in [2.45, 2.75) is 26.2 Å². The van der Waals surface area contributed by atoms with Crippen LogP contribution in [0.4, 0.5) is 0 Å². The normalized spacial score (nSPS) is 11.4. The maximum absolute atomic E-state index is 11.4. The predicted octanol–water partition coefficient (Wildman–Crippen LogP) is 0.354. The van der Waals surface area contributed by atoms with Crippen LogP contribution < -0.4 is 5.32 Å². The average Bonchev–Trinajstić information content (AvgIpc) is 2.25. The highest BCUT2D eigenvalue weighted by molar-refractivity contribution is 7.91. The molecule has 0 spiro atoms. The Balaban J connectivity index is 3.67. The zero-order valence-electron chi connectivity index (χ0n) is 9.99. The Kier molecular flexibility index (Phi) is 8.19. The highest BCUT2D eigenvalue weighted by Gasteiger charge is 2.13. The highest BCUT2D eigenvalue weighted by Crippen LogP contribution is 1.98. The number of carbonyl (C=O) groups excluding carboxylic acids is 1. The van der Waals surface area contributed by atoms with Gasteiger partial charge >= 0.3 is 5.97 Å². The molecule has 0 aliphatic rings. The molecule has 0 aromatic rings. The summed E-state index contributed by atoms with van der Waals surface area (Å²) >= 11 is 0. The summed E-state index contributed by atoms with van der Waals surface area (Å²) in [5.41, 5.74) is 0. The molecule has 96 valence electrons. The Morgan fingerprint density at radius 1 is 1.25 bits per heavy atom. The van der Waals surface area contributed by atoms with Gasteiger partial charge in [-0.15, -0.1) is 0 Å². The topological polar surface area (TPSA) is 72.5 Å². The Morgan fingerprint density at radius 2 is 1.94 bits per heavy atom. The monoisotopic (exact) mass is 251 g/mol. The third-order valence-electron chi connectivity index (χ3n) is 2.08. The Morgan fingerprint density at radius 3 is 2.50 bits per heavy atom. The summed E-state index contributed by atoms with van der Waals surface area (Å²) in [6.45, 7) is 3.66. The smallest absolute Gasteiger partial charge is 0.306 e. The van der Waals surface area contributed by atoms with E-state index in [1.807, 2.05) is 0 Å². The molecule has 0 aromatic heterocycles. The molecule has 0 fully saturated rings. The molecule has 0 radical (unpaired) electrons. The first kappa shape index (κ1) is 15.4. The van der Waals surface area contributed by atoms with Crippen molar-refractivity contribution in [2.75, 3.05) is 31.7 Å². The van der Waals surface area contributed by atoms with Gasteiger partial charge in [-0.1, -0.05) is 6.92 Å². The minimum absolute atomic E-state index is 0.0543. The van der Waals surface area contributed by atoms with Crippen molar-refractivity contribution >= 4 is 15.8 Å². The summed E-state index contributed by atoms with van der Waals surface area (Å²) in [6.07, 6.45) is 1.57. The maximum atomic E-state index is 11.4. The first-order valence-electron chi connectivity index (χ1n) is 5.49. The van der Waals surface area contributed by atoms with Crippen LogP contribution in [-0.4, -0.2) is 46.1 Å². The van der Waals surface area contributed by atoms with Crippen LogP contribution >= 0.6 is 0 Å². The van der Waals surface area contributed by atoms with Gasteiger partial charge in [0.2, 0.25) is 0 Å². The third-order valence-corrected chi connectivity index (χ3v) is 3.82. The van der Waals surface area contributed by atoms with Crippen molar-refractivity contribution in [1.29, 1.82) is 0 Å². The van der Waals surface area contributed by atoms with Gasteiger partial charge in [0, 0.05) is 0 Å². The number of hydrogen-bond donors (Lipinski definition) is 1. The van der Waals surface area contributed by atoms with E-state index in [1.54, 1.807) is 0 Å². The first-order valence-corrected chi connectivity index (χ1v) is 7.32. The molecule has 0 saturated heterocycles. The van der Waals surface area contributed by atoms with Crippen LogP contribution in [0.3, 0.4) is 0 Å². The summed E-state index contributed by atoms with van der Waals surface area (Å²) in [4.78, 5) is 10.8. The van der Waals surface area contributed by atoms with E-state index in [2.05, 4.69) is 17.0 Å². The minimum Gasteiger partial charge on any atom is -0.469 e. The molecule has 0 atom stereocenters. The van der Waals surface area contributed by atoms with Gasteiger partial charge in [0.15, 0.2) is 9.84 Å². The molecule has 0 amide bonds. The van der Waals surface area contributed by atoms with Crippen LogP contribution in [0.15, 0.2) is 0 Å². The van der Waals surface area contributed by atoms with Crippen molar-refractivity contribution in [3.05, 3.63) is 0 Å². The van der Waals surface area contributed by atoms with Gasteiger partial charge in [0.1, 0.15) is 0 Å². The molecule has 0 saturated carbocycles. The van der Waals surface area contributed by atoms with Gasteiger partial charge in [-0.2, -0.15) is 0 Å². The largest absolute Gasteiger partial charge is 0.469 e. The van der Waals surface area contributed by atoms with Crippen LogP contribution in [0.1, 0.15) is 26.2 Å². The van der Waals surface area contributed by atoms with Gasteiger partial charge in [0.25, 0.3) is 0 Å². The van der Waals surface area contributed by atoms with Crippen molar-refractivity contribution in [3.63, 3.8) is 0 Å². The van der Waals surface area contributed by atoms with Crippen molar-refractivity contribution in [1.82, 2.24) is 5.32 Å². The molecule has 0 bridgehead atoms. The van der Waals surface area contributed by atoms with Crippen LogP contribution in [0.25, 0.3) is 0 Å². The van der Waals surface area contributed by atoms with E-state index < -0.39 is 15.8 Å². The lowest BCUT2D eigenvalue weighted by Crippen LogP contribution is -2.21. The second kappa shape index (κ2) is 8.52. The minimum atomic E-state index is -3.11. The number of nitrogens with one attached hydrogen (secondary N) is 1. The first-order chi connectivity index (χ1) is 7.52. The van der Waals surface area contributed by atoms with Crippen LogP contribution in [0.2, 0.25) is 0 Å². The van der Waals surface area contributed by atoms with Gasteiger partial charge in [0.05, 0.1) is 25.0 Å². The molecule has 0 aromatic carbocycles. The molecule has 0 heterocycles. The molecule has 0 aliphatic carbocycles. The average molecular weight is 251 g/mol. The molecule has 1 N–H and O–H groups in total. The second-order valence-corrected chi connectivity index (χ2v) is 5.89. The Labute approximate surface area is 97.5 Å².